The van der Waals surface area contributed by atoms with Gasteiger partial charge >= 0.3 is 0 Å². The SMILES string of the molecule is CCCNC(=O)c1cc(Nc2ccccc2C(C)C)ccn1. The van der Waals surface area contributed by atoms with Crippen molar-refractivity contribution in [1.82, 2.24) is 10.3 Å². The molecule has 0 aliphatic rings. The fourth-order valence-electron chi connectivity index (χ4n) is 2.23. The molecule has 0 spiro atoms. The zero-order valence-electron chi connectivity index (χ0n) is 13.4. The van der Waals surface area contributed by atoms with Crippen LogP contribution >= 0.6 is 0 Å². The molecule has 1 aromatic carbocycles. The highest BCUT2D eigenvalue weighted by Crippen LogP contribution is 2.26. The maximum absolute atomic E-state index is 12.0. The Morgan fingerprint density at radius 1 is 1.23 bits per heavy atom. The minimum absolute atomic E-state index is 0.136. The topological polar surface area (TPSA) is 54.0 Å². The van der Waals surface area contributed by atoms with Crippen molar-refractivity contribution in [3.8, 4) is 0 Å². The number of rotatable bonds is 6. The lowest BCUT2D eigenvalue weighted by Gasteiger charge is -2.15. The smallest absolute Gasteiger partial charge is 0.269 e. The molecule has 0 saturated carbocycles. The minimum atomic E-state index is -0.136. The van der Waals surface area contributed by atoms with Gasteiger partial charge in [-0.05, 0) is 36.1 Å². The number of nitrogens with zero attached hydrogens (tertiary/aromatic N) is 1. The first-order chi connectivity index (χ1) is 10.6. The monoisotopic (exact) mass is 297 g/mol. The van der Waals surface area contributed by atoms with Gasteiger partial charge in [0.05, 0.1) is 0 Å². The third-order valence-electron chi connectivity index (χ3n) is 3.39. The van der Waals surface area contributed by atoms with E-state index >= 15 is 0 Å². The molecule has 2 rings (SSSR count). The van der Waals surface area contributed by atoms with Crippen LogP contribution in [0.25, 0.3) is 0 Å². The van der Waals surface area contributed by atoms with Gasteiger partial charge in [0, 0.05) is 24.1 Å². The van der Waals surface area contributed by atoms with Gasteiger partial charge in [-0.3, -0.25) is 9.78 Å². The molecule has 2 N–H and O–H groups in total. The molecule has 1 heterocycles. The van der Waals surface area contributed by atoms with Gasteiger partial charge < -0.3 is 10.6 Å². The van der Waals surface area contributed by atoms with Gasteiger partial charge in [-0.15, -0.1) is 0 Å². The Balaban J connectivity index is 2.19. The Hall–Kier alpha value is -2.36. The molecule has 0 bridgehead atoms. The molecule has 1 aromatic heterocycles. The van der Waals surface area contributed by atoms with Crippen LogP contribution < -0.4 is 10.6 Å². The molecule has 22 heavy (non-hydrogen) atoms. The first kappa shape index (κ1) is 16.0. The molecule has 0 fully saturated rings. The van der Waals surface area contributed by atoms with Gasteiger partial charge in [0.1, 0.15) is 5.69 Å². The van der Waals surface area contributed by atoms with Crippen molar-refractivity contribution in [1.29, 1.82) is 0 Å². The van der Waals surface area contributed by atoms with Crippen molar-refractivity contribution in [2.75, 3.05) is 11.9 Å². The number of anilines is 2. The number of para-hydroxylation sites is 1. The largest absolute Gasteiger partial charge is 0.355 e. The zero-order chi connectivity index (χ0) is 15.9. The van der Waals surface area contributed by atoms with Crippen LogP contribution in [-0.2, 0) is 0 Å². The standard InChI is InChI=1S/C18H23N3O/c1-4-10-20-18(22)17-12-14(9-11-19-17)21-16-8-6-5-7-15(16)13(2)3/h5-9,11-13H,4,10H2,1-3H3,(H,19,21)(H,20,22). The Morgan fingerprint density at radius 3 is 2.73 bits per heavy atom. The van der Waals surface area contributed by atoms with E-state index in [1.165, 1.54) is 5.56 Å². The minimum Gasteiger partial charge on any atom is -0.355 e. The van der Waals surface area contributed by atoms with Crippen LogP contribution in [-0.4, -0.2) is 17.4 Å². The average Bonchev–Trinajstić information content (AvgIpc) is 2.53. The summed E-state index contributed by atoms with van der Waals surface area (Å²) in [6.07, 6.45) is 2.56. The molecule has 2 aromatic rings. The van der Waals surface area contributed by atoms with Crippen LogP contribution in [0.3, 0.4) is 0 Å². The highest BCUT2D eigenvalue weighted by atomic mass is 16.1. The van der Waals surface area contributed by atoms with Gasteiger partial charge in [-0.25, -0.2) is 0 Å². The van der Waals surface area contributed by atoms with Crippen molar-refractivity contribution in [2.24, 2.45) is 0 Å². The molecule has 0 aliphatic carbocycles. The molecular weight excluding hydrogens is 274 g/mol. The highest BCUT2D eigenvalue weighted by Gasteiger charge is 2.09. The number of benzene rings is 1. The Kier molecular flexibility index (Phi) is 5.53. The van der Waals surface area contributed by atoms with Crippen molar-refractivity contribution < 1.29 is 4.79 Å². The number of aromatic nitrogens is 1. The van der Waals surface area contributed by atoms with Crippen LogP contribution in [0.5, 0.6) is 0 Å². The van der Waals surface area contributed by atoms with E-state index in [0.717, 1.165) is 17.8 Å². The van der Waals surface area contributed by atoms with Crippen LogP contribution in [0, 0.1) is 0 Å². The fourth-order valence-corrected chi connectivity index (χ4v) is 2.23. The first-order valence-electron chi connectivity index (χ1n) is 7.72. The summed E-state index contributed by atoms with van der Waals surface area (Å²) in [6, 6.07) is 11.9. The number of hydrogen-bond acceptors (Lipinski definition) is 3. The van der Waals surface area contributed by atoms with Crippen LogP contribution in [0.15, 0.2) is 42.6 Å². The molecule has 1 amide bonds. The number of pyridine rings is 1. The second-order valence-electron chi connectivity index (χ2n) is 5.55. The molecule has 0 radical (unpaired) electrons. The third-order valence-corrected chi connectivity index (χ3v) is 3.39. The normalized spacial score (nSPS) is 10.5. The van der Waals surface area contributed by atoms with E-state index < -0.39 is 0 Å². The second kappa shape index (κ2) is 7.59. The molecule has 0 aliphatic heterocycles. The first-order valence-corrected chi connectivity index (χ1v) is 7.72. The highest BCUT2D eigenvalue weighted by molar-refractivity contribution is 5.93. The molecule has 0 unspecified atom stereocenters. The van der Waals surface area contributed by atoms with E-state index in [9.17, 15) is 4.79 Å². The van der Waals surface area contributed by atoms with Gasteiger partial charge in [-0.1, -0.05) is 39.0 Å². The van der Waals surface area contributed by atoms with E-state index in [-0.39, 0.29) is 5.91 Å². The number of amides is 1. The molecule has 4 heteroatoms. The Bertz CT molecular complexity index is 638. The summed E-state index contributed by atoms with van der Waals surface area (Å²) in [5, 5.41) is 6.23. The average molecular weight is 297 g/mol. The lowest BCUT2D eigenvalue weighted by atomic mass is 10.0. The quantitative estimate of drug-likeness (QED) is 0.844. The van der Waals surface area contributed by atoms with Gasteiger partial charge in [0.15, 0.2) is 0 Å². The van der Waals surface area contributed by atoms with Crippen LogP contribution in [0.4, 0.5) is 11.4 Å². The summed E-state index contributed by atoms with van der Waals surface area (Å²) in [4.78, 5) is 16.1. The van der Waals surface area contributed by atoms with Crippen LogP contribution in [0.1, 0.15) is 49.2 Å². The number of hydrogen-bond donors (Lipinski definition) is 2. The summed E-state index contributed by atoms with van der Waals surface area (Å²) in [6.45, 7) is 7.01. The summed E-state index contributed by atoms with van der Waals surface area (Å²) >= 11 is 0. The van der Waals surface area contributed by atoms with Gasteiger partial charge in [0.2, 0.25) is 0 Å². The zero-order valence-corrected chi connectivity index (χ0v) is 13.4. The lowest BCUT2D eigenvalue weighted by Crippen LogP contribution is -2.24. The third kappa shape index (κ3) is 4.07. The maximum atomic E-state index is 12.0. The van der Waals surface area contributed by atoms with E-state index in [0.29, 0.717) is 18.2 Å². The van der Waals surface area contributed by atoms with Gasteiger partial charge in [0.25, 0.3) is 5.91 Å². The summed E-state index contributed by atoms with van der Waals surface area (Å²) in [5.41, 5.74) is 3.60. The second-order valence-corrected chi connectivity index (χ2v) is 5.55. The fraction of sp³-hybridized carbons (Fsp3) is 0.333. The predicted octanol–water partition coefficient (Wildman–Crippen LogP) is 4.09. The number of carbonyl (C=O) groups is 1. The van der Waals surface area contributed by atoms with Crippen LogP contribution in [0.2, 0.25) is 0 Å². The molecular formula is C18H23N3O. The maximum Gasteiger partial charge on any atom is 0.269 e. The van der Waals surface area contributed by atoms with Crippen molar-refractivity contribution in [3.05, 3.63) is 53.9 Å². The molecule has 0 saturated heterocycles. The number of carbonyl (C=O) groups excluding carboxylic acids is 1. The summed E-state index contributed by atoms with van der Waals surface area (Å²) in [5.74, 6) is 0.292. The Morgan fingerprint density at radius 2 is 2.00 bits per heavy atom. The summed E-state index contributed by atoms with van der Waals surface area (Å²) < 4.78 is 0. The number of nitrogens with one attached hydrogen (secondary N) is 2. The van der Waals surface area contributed by atoms with E-state index in [4.69, 9.17) is 0 Å². The van der Waals surface area contributed by atoms with E-state index in [1.54, 1.807) is 12.3 Å². The Labute approximate surface area is 132 Å². The molecule has 4 nitrogen and oxygen atoms in total. The summed E-state index contributed by atoms with van der Waals surface area (Å²) in [7, 11) is 0. The molecule has 116 valence electrons. The predicted molar refractivity (Wildman–Crippen MR) is 90.7 cm³/mol. The van der Waals surface area contributed by atoms with Crippen molar-refractivity contribution >= 4 is 17.3 Å². The van der Waals surface area contributed by atoms with E-state index in [2.05, 4.69) is 35.5 Å². The van der Waals surface area contributed by atoms with Gasteiger partial charge in [-0.2, -0.15) is 0 Å². The lowest BCUT2D eigenvalue weighted by molar-refractivity contribution is 0.0949. The van der Waals surface area contributed by atoms with E-state index in [1.807, 2.05) is 31.2 Å². The van der Waals surface area contributed by atoms with Crippen molar-refractivity contribution in [3.63, 3.8) is 0 Å². The van der Waals surface area contributed by atoms with Crippen molar-refractivity contribution in [2.45, 2.75) is 33.1 Å². The molecule has 0 atom stereocenters.